The molecule has 0 unspecified atom stereocenters. The van der Waals surface area contributed by atoms with Crippen LogP contribution in [0, 0.1) is 5.82 Å². The predicted octanol–water partition coefficient (Wildman–Crippen LogP) is 3.85. The lowest BCUT2D eigenvalue weighted by molar-refractivity contribution is -0.153. The summed E-state index contributed by atoms with van der Waals surface area (Å²) in [5.74, 6) is -1.80. The summed E-state index contributed by atoms with van der Waals surface area (Å²) < 4.78 is 18.2. The van der Waals surface area contributed by atoms with Gasteiger partial charge in [0.15, 0.2) is 11.9 Å². The number of ketones is 1. The molecule has 0 saturated heterocycles. The highest BCUT2D eigenvalue weighted by Crippen LogP contribution is 2.23. The van der Waals surface area contributed by atoms with Crippen molar-refractivity contribution in [1.29, 1.82) is 0 Å². The Bertz CT molecular complexity index is 909. The van der Waals surface area contributed by atoms with Gasteiger partial charge in [-0.2, -0.15) is 0 Å². The number of carbonyl (C=O) groups excluding carboxylic acids is 3. The number of carbonyl (C=O) groups is 3. The minimum Gasteiger partial charge on any atom is -0.453 e. The second kappa shape index (κ2) is 8.78. The molecule has 146 valence electrons. The van der Waals surface area contributed by atoms with Gasteiger partial charge in [-0.1, -0.05) is 18.2 Å². The molecule has 0 bridgehead atoms. The van der Waals surface area contributed by atoms with Crippen LogP contribution in [0.5, 0.6) is 0 Å². The molecule has 3 rings (SSSR count). The molecule has 1 aliphatic rings. The Kier molecular flexibility index (Phi) is 6.19. The van der Waals surface area contributed by atoms with Crippen LogP contribution in [-0.4, -0.2) is 23.8 Å². The van der Waals surface area contributed by atoms with E-state index in [0.29, 0.717) is 5.56 Å². The molecular weight excluding hydrogens is 361 g/mol. The van der Waals surface area contributed by atoms with Crippen molar-refractivity contribution in [2.24, 2.45) is 0 Å². The standard InChI is InChI=1S/C22H22FNO4/c1-14(22(27)24-19-7-3-6-18(23)13-19)28-21(26)11-10-20(25)17-9-8-15-4-2-5-16(15)12-17/h3,6-9,12-14H,2,4-5,10-11H2,1H3,(H,24,27)/t14-/m1/s1. The summed E-state index contributed by atoms with van der Waals surface area (Å²) in [4.78, 5) is 36.3. The number of hydrogen-bond donors (Lipinski definition) is 1. The third-order valence-electron chi connectivity index (χ3n) is 4.75. The number of esters is 1. The minimum absolute atomic E-state index is 0.0237. The van der Waals surface area contributed by atoms with Crippen LogP contribution >= 0.6 is 0 Å². The zero-order valence-corrected chi connectivity index (χ0v) is 15.7. The van der Waals surface area contributed by atoms with Crippen LogP contribution < -0.4 is 5.32 Å². The van der Waals surface area contributed by atoms with Gasteiger partial charge in [-0.05, 0) is 61.6 Å². The van der Waals surface area contributed by atoms with Gasteiger partial charge < -0.3 is 10.1 Å². The molecule has 1 amide bonds. The summed E-state index contributed by atoms with van der Waals surface area (Å²) >= 11 is 0. The molecule has 0 saturated carbocycles. The van der Waals surface area contributed by atoms with E-state index >= 15 is 0 Å². The molecule has 6 heteroatoms. The summed E-state index contributed by atoms with van der Waals surface area (Å²) in [6.07, 6.45) is 2.01. The van der Waals surface area contributed by atoms with E-state index in [1.165, 1.54) is 42.3 Å². The van der Waals surface area contributed by atoms with Crippen molar-refractivity contribution in [3.05, 3.63) is 65.0 Å². The molecule has 0 aliphatic heterocycles. The molecular formula is C22H22FNO4. The van der Waals surface area contributed by atoms with Gasteiger partial charge in [0.05, 0.1) is 6.42 Å². The van der Waals surface area contributed by atoms with Crippen molar-refractivity contribution in [3.63, 3.8) is 0 Å². The topological polar surface area (TPSA) is 72.5 Å². The lowest BCUT2D eigenvalue weighted by Crippen LogP contribution is -2.30. The van der Waals surface area contributed by atoms with E-state index in [-0.39, 0.29) is 24.3 Å². The van der Waals surface area contributed by atoms with Crippen molar-refractivity contribution >= 4 is 23.3 Å². The van der Waals surface area contributed by atoms with E-state index in [2.05, 4.69) is 5.32 Å². The number of halogens is 1. The highest BCUT2D eigenvalue weighted by atomic mass is 19.1. The summed E-state index contributed by atoms with van der Waals surface area (Å²) in [5, 5.41) is 2.48. The second-order valence-corrected chi connectivity index (χ2v) is 6.89. The van der Waals surface area contributed by atoms with Crippen LogP contribution in [0.2, 0.25) is 0 Å². The van der Waals surface area contributed by atoms with Gasteiger partial charge in [-0.3, -0.25) is 14.4 Å². The molecule has 2 aromatic carbocycles. The minimum atomic E-state index is -1.05. The van der Waals surface area contributed by atoms with Gasteiger partial charge in [-0.15, -0.1) is 0 Å². The highest BCUT2D eigenvalue weighted by Gasteiger charge is 2.20. The summed E-state index contributed by atoms with van der Waals surface area (Å²) in [5.41, 5.74) is 3.37. The number of benzene rings is 2. The summed E-state index contributed by atoms with van der Waals surface area (Å²) in [6, 6.07) is 11.1. The molecule has 2 aromatic rings. The van der Waals surface area contributed by atoms with Gasteiger partial charge in [-0.25, -0.2) is 4.39 Å². The summed E-state index contributed by atoms with van der Waals surface area (Å²) in [7, 11) is 0. The predicted molar refractivity (Wildman–Crippen MR) is 103 cm³/mol. The average molecular weight is 383 g/mol. The molecule has 0 aromatic heterocycles. The molecule has 1 N–H and O–H groups in total. The Hall–Kier alpha value is -3.02. The van der Waals surface area contributed by atoms with Crippen LogP contribution in [0.4, 0.5) is 10.1 Å². The third kappa shape index (κ3) is 5.03. The largest absolute Gasteiger partial charge is 0.453 e. The smallest absolute Gasteiger partial charge is 0.307 e. The van der Waals surface area contributed by atoms with Crippen LogP contribution in [0.25, 0.3) is 0 Å². The first kappa shape index (κ1) is 19.7. The Morgan fingerprint density at radius 2 is 1.86 bits per heavy atom. The zero-order chi connectivity index (χ0) is 20.1. The van der Waals surface area contributed by atoms with Gasteiger partial charge in [0, 0.05) is 17.7 Å². The number of rotatable bonds is 7. The van der Waals surface area contributed by atoms with Crippen molar-refractivity contribution in [2.75, 3.05) is 5.32 Å². The maximum atomic E-state index is 13.1. The number of aryl methyl sites for hydroxylation is 2. The molecule has 5 nitrogen and oxygen atoms in total. The Morgan fingerprint density at radius 1 is 1.07 bits per heavy atom. The maximum Gasteiger partial charge on any atom is 0.307 e. The molecule has 0 spiro atoms. The van der Waals surface area contributed by atoms with Crippen molar-refractivity contribution < 1.29 is 23.5 Å². The van der Waals surface area contributed by atoms with Crippen molar-refractivity contribution in [2.45, 2.75) is 45.1 Å². The van der Waals surface area contributed by atoms with Gasteiger partial charge in [0.2, 0.25) is 0 Å². The van der Waals surface area contributed by atoms with E-state index in [1.54, 1.807) is 6.07 Å². The van der Waals surface area contributed by atoms with Gasteiger partial charge >= 0.3 is 5.97 Å². The van der Waals surface area contributed by atoms with Crippen molar-refractivity contribution in [3.8, 4) is 0 Å². The third-order valence-corrected chi connectivity index (χ3v) is 4.75. The van der Waals surface area contributed by atoms with Crippen LogP contribution in [0.15, 0.2) is 42.5 Å². The monoisotopic (exact) mass is 383 g/mol. The maximum absolute atomic E-state index is 13.1. The number of amides is 1. The van der Waals surface area contributed by atoms with Gasteiger partial charge in [0.1, 0.15) is 5.82 Å². The first-order chi connectivity index (χ1) is 13.4. The number of hydrogen-bond acceptors (Lipinski definition) is 4. The zero-order valence-electron chi connectivity index (χ0n) is 15.7. The normalized spacial score (nSPS) is 13.5. The highest BCUT2D eigenvalue weighted by molar-refractivity contribution is 5.98. The second-order valence-electron chi connectivity index (χ2n) is 6.89. The van der Waals surface area contributed by atoms with E-state index in [9.17, 15) is 18.8 Å². The first-order valence-electron chi connectivity index (χ1n) is 9.33. The number of Topliss-reactive ketones (excluding diaryl/α,β-unsaturated/α-hetero) is 1. The number of nitrogens with one attached hydrogen (secondary N) is 1. The van der Waals surface area contributed by atoms with Crippen LogP contribution in [0.3, 0.4) is 0 Å². The fourth-order valence-corrected chi connectivity index (χ4v) is 3.22. The van der Waals surface area contributed by atoms with Crippen molar-refractivity contribution in [1.82, 2.24) is 0 Å². The SMILES string of the molecule is C[C@@H](OC(=O)CCC(=O)c1ccc2c(c1)CCC2)C(=O)Nc1cccc(F)c1. The first-order valence-corrected chi connectivity index (χ1v) is 9.33. The van der Waals surface area contributed by atoms with E-state index < -0.39 is 23.8 Å². The lowest BCUT2D eigenvalue weighted by Gasteiger charge is -2.13. The molecule has 1 atom stereocenters. The molecule has 28 heavy (non-hydrogen) atoms. The Labute approximate surface area is 162 Å². The van der Waals surface area contributed by atoms with Crippen LogP contribution in [0.1, 0.15) is 47.7 Å². The molecule has 1 aliphatic carbocycles. The lowest BCUT2D eigenvalue weighted by atomic mass is 10.0. The van der Waals surface area contributed by atoms with Gasteiger partial charge in [0.25, 0.3) is 5.91 Å². The summed E-state index contributed by atoms with van der Waals surface area (Å²) in [6.45, 7) is 1.43. The quantitative estimate of drug-likeness (QED) is 0.582. The number of anilines is 1. The molecule has 0 fully saturated rings. The Balaban J connectivity index is 1.46. The van der Waals surface area contributed by atoms with E-state index in [1.807, 2.05) is 12.1 Å². The average Bonchev–Trinajstić information content (AvgIpc) is 3.13. The van der Waals surface area contributed by atoms with E-state index in [0.717, 1.165) is 19.3 Å². The number of ether oxygens (including phenoxy) is 1. The molecule has 0 heterocycles. The fraction of sp³-hybridized carbons (Fsp3) is 0.318. The van der Waals surface area contributed by atoms with E-state index in [4.69, 9.17) is 4.74 Å². The number of fused-ring (bicyclic) bond motifs is 1. The molecule has 0 radical (unpaired) electrons. The van der Waals surface area contributed by atoms with Crippen LogP contribution in [-0.2, 0) is 27.2 Å². The Morgan fingerprint density at radius 3 is 2.64 bits per heavy atom. The fourth-order valence-electron chi connectivity index (χ4n) is 3.22.